The van der Waals surface area contributed by atoms with Gasteiger partial charge in [0, 0.05) is 18.8 Å². The molecule has 2 atom stereocenters. The maximum Gasteiger partial charge on any atom is 0.409 e. The highest BCUT2D eigenvalue weighted by atomic mass is 35.5. The van der Waals surface area contributed by atoms with Crippen molar-refractivity contribution >= 4 is 17.7 Å². The van der Waals surface area contributed by atoms with Crippen LogP contribution in [0.15, 0.2) is 0 Å². The first-order chi connectivity index (χ1) is 5.63. The third-order valence-corrected chi connectivity index (χ3v) is 2.51. The van der Waals surface area contributed by atoms with Crippen molar-refractivity contribution in [1.82, 2.24) is 4.90 Å². The van der Waals surface area contributed by atoms with Crippen LogP contribution in [0.4, 0.5) is 4.79 Å². The summed E-state index contributed by atoms with van der Waals surface area (Å²) in [5.41, 5.74) is 0. The molecule has 1 heterocycles. The van der Waals surface area contributed by atoms with Gasteiger partial charge in [-0.25, -0.2) is 4.79 Å². The molecule has 1 saturated heterocycles. The van der Waals surface area contributed by atoms with E-state index in [-0.39, 0.29) is 17.6 Å². The Labute approximate surface area is 77.6 Å². The van der Waals surface area contributed by atoms with E-state index in [1.807, 2.05) is 6.92 Å². The van der Waals surface area contributed by atoms with Gasteiger partial charge in [-0.05, 0) is 6.42 Å². The van der Waals surface area contributed by atoms with Gasteiger partial charge in [-0.2, -0.15) is 0 Å². The Morgan fingerprint density at radius 3 is 2.92 bits per heavy atom. The summed E-state index contributed by atoms with van der Waals surface area (Å²) in [5.74, 6) is 0. The monoisotopic (exact) mass is 191 g/mol. The van der Waals surface area contributed by atoms with Crippen LogP contribution in [0.5, 0.6) is 0 Å². The molecular formula is C8H14ClNO2. The molecule has 2 unspecified atom stereocenters. The van der Waals surface area contributed by atoms with Gasteiger partial charge in [0.1, 0.15) is 6.10 Å². The normalized spacial score (nSPS) is 25.8. The highest BCUT2D eigenvalue weighted by Crippen LogP contribution is 2.17. The predicted molar refractivity (Wildman–Crippen MR) is 47.4 cm³/mol. The Bertz CT molecular complexity index is 174. The Kier molecular flexibility index (Phi) is 3.20. The van der Waals surface area contributed by atoms with Gasteiger partial charge < -0.3 is 9.64 Å². The Morgan fingerprint density at radius 2 is 2.50 bits per heavy atom. The summed E-state index contributed by atoms with van der Waals surface area (Å²) >= 11 is 5.93. The highest BCUT2D eigenvalue weighted by Gasteiger charge is 2.29. The maximum atomic E-state index is 10.9. The molecule has 1 fully saturated rings. The number of hydrogen-bond acceptors (Lipinski definition) is 2. The summed E-state index contributed by atoms with van der Waals surface area (Å²) in [6, 6.07) is 0. The molecule has 70 valence electrons. The van der Waals surface area contributed by atoms with Crippen LogP contribution in [0.3, 0.4) is 0 Å². The lowest BCUT2D eigenvalue weighted by molar-refractivity contribution is 0.130. The summed E-state index contributed by atoms with van der Waals surface area (Å²) in [5, 5.41) is 0.120. The van der Waals surface area contributed by atoms with E-state index in [2.05, 4.69) is 0 Å². The molecule has 12 heavy (non-hydrogen) atoms. The molecule has 0 aromatic rings. The molecule has 0 aliphatic carbocycles. The lowest BCUT2D eigenvalue weighted by atomic mass is 10.1. The third kappa shape index (κ3) is 2.27. The van der Waals surface area contributed by atoms with Crippen molar-refractivity contribution in [3.63, 3.8) is 0 Å². The molecule has 1 amide bonds. The number of cyclic esters (lactones) is 1. The van der Waals surface area contributed by atoms with E-state index in [4.69, 9.17) is 16.3 Å². The maximum absolute atomic E-state index is 10.9. The fourth-order valence-electron chi connectivity index (χ4n) is 1.22. The molecule has 0 radical (unpaired) electrons. The van der Waals surface area contributed by atoms with Gasteiger partial charge in [0.2, 0.25) is 0 Å². The highest BCUT2D eigenvalue weighted by molar-refractivity contribution is 6.20. The van der Waals surface area contributed by atoms with E-state index in [0.717, 1.165) is 12.8 Å². The smallest absolute Gasteiger partial charge is 0.409 e. The molecule has 3 nitrogen and oxygen atoms in total. The average molecular weight is 192 g/mol. The van der Waals surface area contributed by atoms with E-state index < -0.39 is 0 Å². The zero-order chi connectivity index (χ0) is 9.14. The summed E-state index contributed by atoms with van der Waals surface area (Å²) in [6.07, 6.45) is 1.43. The molecule has 0 saturated carbocycles. The van der Waals surface area contributed by atoms with Crippen LogP contribution in [0.25, 0.3) is 0 Å². The summed E-state index contributed by atoms with van der Waals surface area (Å²) < 4.78 is 5.05. The molecule has 0 spiro atoms. The largest absolute Gasteiger partial charge is 0.444 e. The predicted octanol–water partition coefficient (Wildman–Crippen LogP) is 1.84. The minimum absolute atomic E-state index is 0.00931. The number of carbonyl (C=O) groups excluding carboxylic acids is 1. The number of ether oxygens (including phenoxy) is 1. The average Bonchev–Trinajstić information content (AvgIpc) is 2.31. The van der Waals surface area contributed by atoms with Gasteiger partial charge in [0.25, 0.3) is 0 Å². The summed E-state index contributed by atoms with van der Waals surface area (Å²) in [4.78, 5) is 12.5. The zero-order valence-corrected chi connectivity index (χ0v) is 8.17. The number of amides is 1. The Hall–Kier alpha value is -0.440. The number of likely N-dealkylation sites (N-methyl/N-ethyl adjacent to an activating group) is 1. The quantitative estimate of drug-likeness (QED) is 0.638. The molecule has 0 aromatic heterocycles. The van der Waals surface area contributed by atoms with Gasteiger partial charge in [0.15, 0.2) is 0 Å². The first kappa shape index (κ1) is 9.65. The topological polar surface area (TPSA) is 29.5 Å². The van der Waals surface area contributed by atoms with E-state index in [0.29, 0.717) is 6.54 Å². The van der Waals surface area contributed by atoms with Crippen LogP contribution in [0.2, 0.25) is 0 Å². The van der Waals surface area contributed by atoms with Crippen molar-refractivity contribution < 1.29 is 9.53 Å². The molecule has 1 rings (SSSR count). The van der Waals surface area contributed by atoms with Crippen LogP contribution in [0.1, 0.15) is 19.8 Å². The lowest BCUT2D eigenvalue weighted by Crippen LogP contribution is -2.20. The molecule has 0 N–H and O–H groups in total. The van der Waals surface area contributed by atoms with E-state index in [9.17, 15) is 4.79 Å². The number of alkyl halides is 1. The van der Waals surface area contributed by atoms with Crippen molar-refractivity contribution in [1.29, 1.82) is 0 Å². The minimum atomic E-state index is -0.236. The second-order valence-electron chi connectivity index (χ2n) is 3.13. The van der Waals surface area contributed by atoms with Gasteiger partial charge in [-0.3, -0.25) is 0 Å². The van der Waals surface area contributed by atoms with Crippen LogP contribution in [0, 0.1) is 0 Å². The van der Waals surface area contributed by atoms with Gasteiger partial charge in [-0.15, -0.1) is 11.6 Å². The molecule has 0 bridgehead atoms. The molecule has 0 aromatic carbocycles. The fourth-order valence-corrected chi connectivity index (χ4v) is 1.42. The first-order valence-electron chi connectivity index (χ1n) is 4.19. The number of hydrogen-bond donors (Lipinski definition) is 0. The number of halogens is 1. The third-order valence-electron chi connectivity index (χ3n) is 2.02. The Morgan fingerprint density at radius 1 is 1.83 bits per heavy atom. The lowest BCUT2D eigenvalue weighted by Gasteiger charge is -2.10. The number of carbonyl (C=O) groups is 1. The SMILES string of the molecule is CCC(Cl)CC1CN(C)C(=O)O1. The molecule has 1 aliphatic heterocycles. The van der Waals surface area contributed by atoms with Crippen LogP contribution in [-0.4, -0.2) is 36.1 Å². The van der Waals surface area contributed by atoms with Crippen LogP contribution in [-0.2, 0) is 4.74 Å². The Balaban J connectivity index is 2.32. The first-order valence-corrected chi connectivity index (χ1v) is 4.63. The van der Waals surface area contributed by atoms with Crippen molar-refractivity contribution in [3.05, 3.63) is 0 Å². The van der Waals surface area contributed by atoms with E-state index in [1.54, 1.807) is 11.9 Å². The van der Waals surface area contributed by atoms with Crippen molar-refractivity contribution in [2.45, 2.75) is 31.2 Å². The van der Waals surface area contributed by atoms with E-state index >= 15 is 0 Å². The van der Waals surface area contributed by atoms with Gasteiger partial charge >= 0.3 is 6.09 Å². The fraction of sp³-hybridized carbons (Fsp3) is 0.875. The van der Waals surface area contributed by atoms with E-state index in [1.165, 1.54) is 0 Å². The minimum Gasteiger partial charge on any atom is -0.444 e. The van der Waals surface area contributed by atoms with Crippen LogP contribution < -0.4 is 0 Å². The number of nitrogens with zero attached hydrogens (tertiary/aromatic N) is 1. The molecular weight excluding hydrogens is 178 g/mol. The second kappa shape index (κ2) is 3.99. The van der Waals surface area contributed by atoms with Gasteiger partial charge in [0.05, 0.1) is 6.54 Å². The van der Waals surface area contributed by atoms with Crippen molar-refractivity contribution in [2.75, 3.05) is 13.6 Å². The summed E-state index contributed by atoms with van der Waals surface area (Å²) in [7, 11) is 1.73. The van der Waals surface area contributed by atoms with Gasteiger partial charge in [-0.1, -0.05) is 6.92 Å². The second-order valence-corrected chi connectivity index (χ2v) is 3.74. The van der Waals surface area contributed by atoms with Crippen LogP contribution >= 0.6 is 11.6 Å². The van der Waals surface area contributed by atoms with Crippen molar-refractivity contribution in [3.8, 4) is 0 Å². The zero-order valence-electron chi connectivity index (χ0n) is 7.42. The molecule has 4 heteroatoms. The number of rotatable bonds is 3. The summed E-state index contributed by atoms with van der Waals surface area (Å²) in [6.45, 7) is 2.69. The van der Waals surface area contributed by atoms with Crippen molar-refractivity contribution in [2.24, 2.45) is 0 Å². The molecule has 1 aliphatic rings. The standard InChI is InChI=1S/C8H14ClNO2/c1-3-6(9)4-7-5-10(2)8(11)12-7/h6-7H,3-5H2,1-2H3.